The minimum Gasteiger partial charge on any atom is -0.458 e. The molecule has 1 aromatic heterocycles. The van der Waals surface area contributed by atoms with E-state index in [2.05, 4.69) is 120 Å². The van der Waals surface area contributed by atoms with E-state index in [4.69, 9.17) is 19.8 Å². The monoisotopic (exact) mass is 741 g/mol. The van der Waals surface area contributed by atoms with Crippen LogP contribution in [0.25, 0.3) is 5.57 Å². The number of carbonyl (C=O) groups excluding carboxylic acids is 1. The number of aryl methyl sites for hydroxylation is 2. The molecule has 1 aliphatic carbocycles. The van der Waals surface area contributed by atoms with Gasteiger partial charge in [0.05, 0.1) is 5.69 Å². The van der Waals surface area contributed by atoms with Crippen molar-refractivity contribution in [1.29, 1.82) is 5.26 Å². The average molecular weight is 741 g/mol. The fraction of sp³-hybridized carbons (Fsp3) is 0.717. The predicted molar refractivity (Wildman–Crippen MR) is 224 cm³/mol. The van der Waals surface area contributed by atoms with E-state index in [0.29, 0.717) is 23.4 Å². The molecule has 2 heterocycles. The molecule has 0 spiro atoms. The number of aliphatic imine (C=N–C) groups is 1. The van der Waals surface area contributed by atoms with Gasteiger partial charge in [-0.3, -0.25) is 0 Å². The van der Waals surface area contributed by atoms with Crippen LogP contribution in [-0.4, -0.2) is 45.8 Å². The van der Waals surface area contributed by atoms with E-state index < -0.39 is 5.97 Å². The summed E-state index contributed by atoms with van der Waals surface area (Å²) in [6, 6.07) is 6.83. The van der Waals surface area contributed by atoms with Crippen LogP contribution in [0.2, 0.25) is 0 Å². The number of esters is 1. The molecule has 0 amide bonds. The Balaban J connectivity index is 1.81. The Labute approximate surface area is 328 Å². The number of hydrogen-bond donors (Lipinski definition) is 0. The molecule has 1 fully saturated rings. The zero-order chi connectivity index (χ0) is 40.2. The van der Waals surface area contributed by atoms with Crippen LogP contribution < -0.4 is 4.90 Å². The van der Waals surface area contributed by atoms with Crippen molar-refractivity contribution < 1.29 is 9.53 Å². The number of nitriles is 1. The van der Waals surface area contributed by atoms with Crippen LogP contribution in [0, 0.1) is 53.8 Å². The first-order chi connectivity index (χ1) is 25.2. The fourth-order valence-corrected chi connectivity index (χ4v) is 8.45. The van der Waals surface area contributed by atoms with Gasteiger partial charge in [0.25, 0.3) is 0 Å². The quantitative estimate of drug-likeness (QED) is 0.141. The molecule has 1 aliphatic heterocycles. The predicted octanol–water partition coefficient (Wildman–Crippen LogP) is 11.7. The molecule has 0 bridgehead atoms. The number of fused-ring (bicyclic) bond motifs is 1. The van der Waals surface area contributed by atoms with Crippen molar-refractivity contribution in [3.8, 4) is 6.07 Å². The van der Waals surface area contributed by atoms with Crippen LogP contribution in [-0.2, 0) is 14.9 Å². The standard InChI is InChI=1S/C46H72N6O2/c1-15-17-19-21-23-51(24-22-20-18-16-2)33-27-31(4)38(32(5)28-33)48-40-34(29-47)37(41-49-43(46(12,13)14)50-52(40)41)42(53)54-39-35(44(6,7)8)25-30(3)26-36(39)45(9,10)11/h27-28,30,35-36,39H,15-26H2,1-14H3. The zero-order valence-corrected chi connectivity index (χ0v) is 36.4. The molecular formula is C46H72N6O2. The summed E-state index contributed by atoms with van der Waals surface area (Å²) in [6.07, 6.45) is 11.5. The Morgan fingerprint density at radius 2 is 1.41 bits per heavy atom. The average Bonchev–Trinajstić information content (AvgIpc) is 3.63. The van der Waals surface area contributed by atoms with Gasteiger partial charge in [-0.1, -0.05) is 122 Å². The lowest BCUT2D eigenvalue weighted by Gasteiger charge is -2.50. The van der Waals surface area contributed by atoms with Crippen LogP contribution >= 0.6 is 0 Å². The minimum absolute atomic E-state index is 0.0703. The summed E-state index contributed by atoms with van der Waals surface area (Å²) in [5, 5.41) is 15.7. The highest BCUT2D eigenvalue weighted by molar-refractivity contribution is 6.29. The van der Waals surface area contributed by atoms with Crippen LogP contribution in [0.3, 0.4) is 0 Å². The highest BCUT2D eigenvalue weighted by atomic mass is 16.5. The van der Waals surface area contributed by atoms with Crippen molar-refractivity contribution in [2.45, 2.75) is 173 Å². The van der Waals surface area contributed by atoms with Crippen molar-refractivity contribution in [1.82, 2.24) is 14.8 Å². The largest absolute Gasteiger partial charge is 0.458 e. The number of nitrogens with zero attached hydrogens (tertiary/aromatic N) is 6. The zero-order valence-electron chi connectivity index (χ0n) is 36.4. The van der Waals surface area contributed by atoms with Gasteiger partial charge in [-0.05, 0) is 79.5 Å². The number of hydrogen-bond acceptors (Lipinski definition) is 7. The maximum absolute atomic E-state index is 14.7. The molecule has 298 valence electrons. The smallest absolute Gasteiger partial charge is 0.343 e. The molecule has 0 radical (unpaired) electrons. The Kier molecular flexibility index (Phi) is 14.1. The second-order valence-electron chi connectivity index (χ2n) is 19.6. The summed E-state index contributed by atoms with van der Waals surface area (Å²) in [6.45, 7) is 32.7. The summed E-state index contributed by atoms with van der Waals surface area (Å²) in [7, 11) is 0. The van der Waals surface area contributed by atoms with Gasteiger partial charge in [0.15, 0.2) is 17.5 Å². The second kappa shape index (κ2) is 17.5. The maximum atomic E-state index is 14.7. The van der Waals surface area contributed by atoms with Gasteiger partial charge in [0, 0.05) is 36.0 Å². The lowest BCUT2D eigenvalue weighted by atomic mass is 9.59. The third kappa shape index (κ3) is 10.0. The Hall–Kier alpha value is -3.47. The highest BCUT2D eigenvalue weighted by Gasteiger charge is 2.49. The molecule has 1 saturated carbocycles. The first kappa shape index (κ1) is 43.3. The van der Waals surface area contributed by atoms with Crippen molar-refractivity contribution in [2.24, 2.45) is 33.6 Å². The molecule has 0 saturated heterocycles. The SMILES string of the molecule is CCCCCCN(CCCCCC)c1cc(C)c(N=C2C(C#N)=C(C(=O)OC3C(C(C)(C)C)CC(C)CC3C(C)(C)C)c3nc(C(C)(C)C)nn32)c(C)c1. The number of aromatic nitrogens is 3. The molecule has 2 unspecified atom stereocenters. The molecule has 8 heteroatoms. The molecule has 2 aromatic rings. The summed E-state index contributed by atoms with van der Waals surface area (Å²) in [5.41, 5.74) is 3.84. The number of allylic oxidation sites excluding steroid dienone is 1. The van der Waals surface area contributed by atoms with Crippen molar-refractivity contribution >= 4 is 28.8 Å². The minimum atomic E-state index is -0.514. The van der Waals surface area contributed by atoms with Gasteiger partial charge >= 0.3 is 5.97 Å². The first-order valence-electron chi connectivity index (χ1n) is 21.0. The molecule has 8 nitrogen and oxygen atoms in total. The molecule has 4 rings (SSSR count). The van der Waals surface area contributed by atoms with E-state index in [1.165, 1.54) is 57.1 Å². The number of unbranched alkanes of at least 4 members (excludes halogenated alkanes) is 6. The van der Waals surface area contributed by atoms with Gasteiger partial charge < -0.3 is 9.64 Å². The van der Waals surface area contributed by atoms with Gasteiger partial charge in [0.2, 0.25) is 0 Å². The Morgan fingerprint density at radius 1 is 0.889 bits per heavy atom. The van der Waals surface area contributed by atoms with Crippen molar-refractivity contribution in [3.05, 3.63) is 40.5 Å². The molecule has 2 atom stereocenters. The highest BCUT2D eigenvalue weighted by Crippen LogP contribution is 2.50. The lowest BCUT2D eigenvalue weighted by molar-refractivity contribution is -0.162. The van der Waals surface area contributed by atoms with Gasteiger partial charge in [0.1, 0.15) is 23.3 Å². The number of ether oxygens (including phenoxy) is 1. The third-order valence-corrected chi connectivity index (χ3v) is 11.7. The molecule has 0 N–H and O–H groups in total. The van der Waals surface area contributed by atoms with Gasteiger partial charge in [-0.15, -0.1) is 5.10 Å². The van der Waals surface area contributed by atoms with E-state index >= 15 is 0 Å². The van der Waals surface area contributed by atoms with Crippen LogP contribution in [0.1, 0.15) is 170 Å². The number of rotatable bonds is 14. The number of anilines is 1. The summed E-state index contributed by atoms with van der Waals surface area (Å²) >= 11 is 0. The maximum Gasteiger partial charge on any atom is 0.343 e. The topological polar surface area (TPSA) is 96.4 Å². The van der Waals surface area contributed by atoms with E-state index in [1.807, 2.05) is 0 Å². The molecule has 54 heavy (non-hydrogen) atoms. The van der Waals surface area contributed by atoms with E-state index in [-0.39, 0.29) is 45.3 Å². The van der Waals surface area contributed by atoms with Crippen LogP contribution in [0.15, 0.2) is 22.7 Å². The lowest BCUT2D eigenvalue weighted by Crippen LogP contribution is -2.49. The molecule has 2 aliphatic rings. The summed E-state index contributed by atoms with van der Waals surface area (Å²) in [4.78, 5) is 27.3. The van der Waals surface area contributed by atoms with E-state index in [0.717, 1.165) is 42.7 Å². The molecular weight excluding hydrogens is 669 g/mol. The van der Waals surface area contributed by atoms with Gasteiger partial charge in [-0.2, -0.15) is 9.94 Å². The summed E-state index contributed by atoms with van der Waals surface area (Å²) in [5.74, 6) is 1.59. The van der Waals surface area contributed by atoms with Crippen molar-refractivity contribution in [3.63, 3.8) is 0 Å². The number of carbonyl (C=O) groups is 1. The van der Waals surface area contributed by atoms with Crippen LogP contribution in [0.4, 0.5) is 11.4 Å². The Bertz CT molecular complexity index is 1660. The third-order valence-electron chi connectivity index (χ3n) is 11.7. The summed E-state index contributed by atoms with van der Waals surface area (Å²) < 4.78 is 8.29. The van der Waals surface area contributed by atoms with Crippen LogP contribution in [0.5, 0.6) is 0 Å². The van der Waals surface area contributed by atoms with Gasteiger partial charge in [-0.25, -0.2) is 14.8 Å². The molecule has 1 aromatic carbocycles. The van der Waals surface area contributed by atoms with E-state index in [1.54, 1.807) is 4.68 Å². The fourth-order valence-electron chi connectivity index (χ4n) is 8.45. The first-order valence-corrected chi connectivity index (χ1v) is 21.0. The normalized spacial score (nSPS) is 21.4. The Morgan fingerprint density at radius 3 is 1.85 bits per heavy atom. The number of benzene rings is 1. The van der Waals surface area contributed by atoms with E-state index in [9.17, 15) is 10.1 Å². The van der Waals surface area contributed by atoms with Crippen molar-refractivity contribution in [2.75, 3.05) is 18.0 Å². The second-order valence-corrected chi connectivity index (χ2v) is 19.6.